The molecule has 0 amide bonds. The largest absolute Gasteiger partial charge is 0.857 e. The van der Waals surface area contributed by atoms with Crippen molar-refractivity contribution in [3.63, 3.8) is 0 Å². The molecular weight excluding hydrogens is 387 g/mol. The monoisotopic (exact) mass is 412 g/mol. The highest BCUT2D eigenvalue weighted by Crippen LogP contribution is 2.55. The van der Waals surface area contributed by atoms with Crippen LogP contribution in [0.15, 0.2) is 121 Å². The zero-order valence-electron chi connectivity index (χ0n) is 17.0. The SMILES string of the molecule is C[O-].O=C(C[P+](c1ccccc1)(c1ccccc1)c1ccccc1)c1ccccc1. The molecule has 0 radical (unpaired) electrons. The summed E-state index contributed by atoms with van der Waals surface area (Å²) in [6.45, 7) is 0. The van der Waals surface area contributed by atoms with Crippen LogP contribution in [0.25, 0.3) is 0 Å². The van der Waals surface area contributed by atoms with Crippen LogP contribution in [-0.2, 0) is 0 Å². The number of benzene rings is 4. The van der Waals surface area contributed by atoms with Crippen molar-refractivity contribution >= 4 is 29.0 Å². The van der Waals surface area contributed by atoms with E-state index >= 15 is 0 Å². The molecule has 4 aromatic rings. The molecule has 3 heteroatoms. The summed E-state index contributed by atoms with van der Waals surface area (Å²) in [5.41, 5.74) is 0.773. The van der Waals surface area contributed by atoms with Crippen LogP contribution < -0.4 is 21.0 Å². The van der Waals surface area contributed by atoms with Crippen molar-refractivity contribution in [3.05, 3.63) is 127 Å². The summed E-state index contributed by atoms with van der Waals surface area (Å²) in [7, 11) is -1.37. The number of rotatable bonds is 6. The van der Waals surface area contributed by atoms with Crippen LogP contribution in [-0.4, -0.2) is 19.1 Å². The fourth-order valence-electron chi connectivity index (χ4n) is 3.70. The summed E-state index contributed by atoms with van der Waals surface area (Å²) in [6, 6.07) is 41.2. The van der Waals surface area contributed by atoms with Gasteiger partial charge in [0.25, 0.3) is 0 Å². The molecule has 0 atom stereocenters. The van der Waals surface area contributed by atoms with Crippen LogP contribution in [0.5, 0.6) is 0 Å². The van der Waals surface area contributed by atoms with E-state index in [0.29, 0.717) is 6.16 Å². The highest BCUT2D eigenvalue weighted by Gasteiger charge is 2.47. The summed E-state index contributed by atoms with van der Waals surface area (Å²) < 4.78 is 0. The molecule has 150 valence electrons. The van der Waals surface area contributed by atoms with Crippen LogP contribution in [0.4, 0.5) is 0 Å². The van der Waals surface area contributed by atoms with Gasteiger partial charge in [0.05, 0.1) is 0 Å². The maximum atomic E-state index is 13.4. The first-order chi connectivity index (χ1) is 14.8. The molecule has 0 saturated carbocycles. The lowest BCUT2D eigenvalue weighted by Gasteiger charge is -2.27. The van der Waals surface area contributed by atoms with Crippen LogP contribution in [0, 0.1) is 0 Å². The summed E-state index contributed by atoms with van der Waals surface area (Å²) >= 11 is 0. The van der Waals surface area contributed by atoms with Gasteiger partial charge >= 0.3 is 0 Å². The Balaban J connectivity index is 0.00000124. The van der Waals surface area contributed by atoms with Crippen molar-refractivity contribution in [1.29, 1.82) is 0 Å². The molecule has 0 spiro atoms. The first-order valence-corrected chi connectivity index (χ1v) is 11.8. The molecule has 0 aromatic heterocycles. The first kappa shape index (κ1) is 21.6. The van der Waals surface area contributed by atoms with Crippen molar-refractivity contribution in [2.45, 2.75) is 0 Å². The fraction of sp³-hybridized carbons (Fsp3) is 0.0741. The van der Waals surface area contributed by atoms with Crippen molar-refractivity contribution in [2.24, 2.45) is 0 Å². The third kappa shape index (κ3) is 4.57. The average Bonchev–Trinajstić information content (AvgIpc) is 2.86. The Kier molecular flexibility index (Phi) is 7.68. The number of hydrogen-bond donors (Lipinski definition) is 0. The van der Waals surface area contributed by atoms with Crippen LogP contribution in [0.1, 0.15) is 10.4 Å². The van der Waals surface area contributed by atoms with Crippen molar-refractivity contribution in [2.75, 3.05) is 13.3 Å². The molecule has 0 heterocycles. The maximum absolute atomic E-state index is 13.4. The number of carbonyl (C=O) groups is 1. The van der Waals surface area contributed by atoms with Gasteiger partial charge in [-0.3, -0.25) is 4.79 Å². The molecule has 4 aromatic carbocycles. The van der Waals surface area contributed by atoms with E-state index in [2.05, 4.69) is 72.8 Å². The summed E-state index contributed by atoms with van der Waals surface area (Å²) in [6.07, 6.45) is 0.481. The van der Waals surface area contributed by atoms with Gasteiger partial charge in [-0.1, -0.05) is 84.9 Å². The van der Waals surface area contributed by atoms with Crippen LogP contribution in [0.3, 0.4) is 0 Å². The zero-order chi connectivity index (χ0) is 21.2. The Labute approximate surface area is 179 Å². The average molecular weight is 412 g/mol. The van der Waals surface area contributed by atoms with E-state index in [1.165, 1.54) is 15.9 Å². The van der Waals surface area contributed by atoms with Crippen molar-refractivity contribution in [3.8, 4) is 0 Å². The molecule has 0 aliphatic rings. The van der Waals surface area contributed by atoms with Gasteiger partial charge in [-0.05, 0) is 36.4 Å². The third-order valence-corrected chi connectivity index (χ3v) is 9.37. The molecular formula is C27H25O2P. The second-order valence-electron chi connectivity index (χ2n) is 6.76. The van der Waals surface area contributed by atoms with Gasteiger partial charge in [-0.2, -0.15) is 7.11 Å². The van der Waals surface area contributed by atoms with Crippen molar-refractivity contribution < 1.29 is 9.90 Å². The van der Waals surface area contributed by atoms with E-state index in [0.717, 1.165) is 12.7 Å². The first-order valence-electron chi connectivity index (χ1n) is 9.85. The minimum Gasteiger partial charge on any atom is -0.857 e. The van der Waals surface area contributed by atoms with E-state index in [1.54, 1.807) is 0 Å². The second kappa shape index (κ2) is 10.6. The Morgan fingerprint density at radius 1 is 0.567 bits per heavy atom. The maximum Gasteiger partial charge on any atom is 0.201 e. The van der Waals surface area contributed by atoms with Gasteiger partial charge in [0, 0.05) is 5.56 Å². The highest BCUT2D eigenvalue weighted by molar-refractivity contribution is 7.96. The summed E-state index contributed by atoms with van der Waals surface area (Å²) in [5.74, 6) is 0.186. The molecule has 0 unspecified atom stereocenters. The molecule has 0 aliphatic heterocycles. The minimum atomic E-state index is -2.12. The van der Waals surface area contributed by atoms with Gasteiger partial charge in [-0.25, -0.2) is 0 Å². The van der Waals surface area contributed by atoms with Gasteiger partial charge in [0.1, 0.15) is 29.3 Å². The number of carbonyl (C=O) groups excluding carboxylic acids is 1. The minimum absolute atomic E-state index is 0.186. The predicted molar refractivity (Wildman–Crippen MR) is 127 cm³/mol. The molecule has 0 fully saturated rings. The third-order valence-electron chi connectivity index (χ3n) is 5.07. The number of Topliss-reactive ketones (excluding diaryl/α,β-unsaturated/α-hetero) is 1. The standard InChI is InChI=1S/C26H22OP.CH3O/c27-26(22-13-5-1-6-14-22)21-28(23-15-7-2-8-16-23,24-17-9-3-10-18-24)25-19-11-4-12-20-25;1-2/h1-20H,21H2;1H3/q+1;-1. The Morgan fingerprint density at radius 3 is 1.20 bits per heavy atom. The summed E-state index contributed by atoms with van der Waals surface area (Å²) in [5, 5.41) is 11.9. The van der Waals surface area contributed by atoms with E-state index in [-0.39, 0.29) is 5.78 Å². The number of hydrogen-bond acceptors (Lipinski definition) is 2. The molecule has 0 saturated heterocycles. The van der Waals surface area contributed by atoms with E-state index in [9.17, 15) is 4.79 Å². The molecule has 4 rings (SSSR count). The molecule has 0 bridgehead atoms. The highest BCUT2D eigenvalue weighted by atomic mass is 31.2. The van der Waals surface area contributed by atoms with Gasteiger partial charge < -0.3 is 5.11 Å². The van der Waals surface area contributed by atoms with Gasteiger partial charge in [-0.15, -0.1) is 0 Å². The zero-order valence-corrected chi connectivity index (χ0v) is 17.9. The lowest BCUT2D eigenvalue weighted by Crippen LogP contribution is -2.35. The van der Waals surface area contributed by atoms with Crippen molar-refractivity contribution in [1.82, 2.24) is 0 Å². The molecule has 30 heavy (non-hydrogen) atoms. The van der Waals surface area contributed by atoms with Gasteiger partial charge in [0.15, 0.2) is 0 Å². The normalized spacial score (nSPS) is 10.6. The predicted octanol–water partition coefficient (Wildman–Crippen LogP) is 3.84. The van der Waals surface area contributed by atoms with Crippen LogP contribution in [0.2, 0.25) is 0 Å². The molecule has 2 nitrogen and oxygen atoms in total. The molecule has 0 aliphatic carbocycles. The Hall–Kier alpha value is -3.06. The lowest BCUT2D eigenvalue weighted by molar-refractivity contribution is -0.325. The second-order valence-corrected chi connectivity index (χ2v) is 10.2. The Morgan fingerprint density at radius 2 is 0.867 bits per heavy atom. The summed E-state index contributed by atoms with van der Waals surface area (Å²) in [4.78, 5) is 13.4. The molecule has 0 N–H and O–H groups in total. The van der Waals surface area contributed by atoms with Crippen LogP contribution >= 0.6 is 7.26 Å². The number of ketones is 1. The fourth-order valence-corrected chi connectivity index (χ4v) is 7.80. The smallest absolute Gasteiger partial charge is 0.201 e. The topological polar surface area (TPSA) is 40.1 Å². The lowest BCUT2D eigenvalue weighted by atomic mass is 10.2. The van der Waals surface area contributed by atoms with E-state index < -0.39 is 7.26 Å². The van der Waals surface area contributed by atoms with E-state index in [4.69, 9.17) is 5.11 Å². The quantitative estimate of drug-likeness (QED) is 0.357. The Bertz CT molecular complexity index is 937. The van der Waals surface area contributed by atoms with Gasteiger partial charge in [0.2, 0.25) is 5.78 Å². The van der Waals surface area contributed by atoms with E-state index in [1.807, 2.05) is 48.5 Å².